The fourth-order valence-corrected chi connectivity index (χ4v) is 5.35. The highest BCUT2D eigenvalue weighted by atomic mass is 16.7. The van der Waals surface area contributed by atoms with Crippen molar-refractivity contribution < 1.29 is 19.1 Å². The first-order chi connectivity index (χ1) is 19.1. The number of carbonyl (C=O) groups is 1. The summed E-state index contributed by atoms with van der Waals surface area (Å²) in [5, 5.41) is 4.39. The normalized spacial score (nSPS) is 21.0. The van der Waals surface area contributed by atoms with E-state index in [1.165, 1.54) is 0 Å². The maximum Gasteiger partial charge on any atom is 0.354 e. The zero-order chi connectivity index (χ0) is 26.8. The Morgan fingerprint density at radius 3 is 2.10 bits per heavy atom. The van der Waals surface area contributed by atoms with Crippen molar-refractivity contribution in [2.24, 2.45) is 15.6 Å². The Hall–Kier alpha value is -4.97. The molecule has 6 rings (SSSR count). The number of nitrogens with zero attached hydrogens (tertiary/aromatic N) is 2. The van der Waals surface area contributed by atoms with E-state index < -0.39 is 17.4 Å². The molecule has 0 radical (unpaired) electrons. The fourth-order valence-electron chi connectivity index (χ4n) is 5.35. The van der Waals surface area contributed by atoms with Crippen LogP contribution in [0.2, 0.25) is 0 Å². The lowest BCUT2D eigenvalue weighted by molar-refractivity contribution is -0.147. The molecule has 4 aromatic carbocycles. The van der Waals surface area contributed by atoms with Crippen molar-refractivity contribution in [3.63, 3.8) is 0 Å². The zero-order valence-corrected chi connectivity index (χ0v) is 21.6. The van der Waals surface area contributed by atoms with E-state index in [1.54, 1.807) is 14.2 Å². The largest absolute Gasteiger partial charge is 0.497 e. The number of oxime groups is 1. The minimum atomic E-state index is -1.33. The van der Waals surface area contributed by atoms with Crippen molar-refractivity contribution in [2.45, 2.75) is 6.04 Å². The number of methoxy groups -OCH3 is 2. The van der Waals surface area contributed by atoms with Gasteiger partial charge in [-0.15, -0.1) is 0 Å². The first-order valence-corrected chi connectivity index (χ1v) is 12.6. The van der Waals surface area contributed by atoms with Gasteiger partial charge in [0.2, 0.25) is 0 Å². The van der Waals surface area contributed by atoms with Gasteiger partial charge >= 0.3 is 5.97 Å². The van der Waals surface area contributed by atoms with Gasteiger partial charge in [0.15, 0.2) is 5.41 Å². The summed E-state index contributed by atoms with van der Waals surface area (Å²) in [4.78, 5) is 24.9. The summed E-state index contributed by atoms with van der Waals surface area (Å²) in [7, 11) is 3.25. The quantitative estimate of drug-likeness (QED) is 0.284. The Morgan fingerprint density at radius 1 is 0.769 bits per heavy atom. The van der Waals surface area contributed by atoms with Crippen molar-refractivity contribution >= 4 is 23.5 Å². The summed E-state index contributed by atoms with van der Waals surface area (Å²) in [5.74, 6) is 0.914. The van der Waals surface area contributed by atoms with E-state index in [-0.39, 0.29) is 0 Å². The van der Waals surface area contributed by atoms with Crippen LogP contribution in [-0.4, -0.2) is 31.6 Å². The maximum atomic E-state index is 14.1. The predicted octanol–water partition coefficient (Wildman–Crippen LogP) is 6.28. The average molecular weight is 515 g/mol. The molecule has 39 heavy (non-hydrogen) atoms. The van der Waals surface area contributed by atoms with Crippen molar-refractivity contribution in [2.75, 3.05) is 14.2 Å². The minimum Gasteiger partial charge on any atom is -0.497 e. The monoisotopic (exact) mass is 514 g/mol. The number of hydrogen-bond donors (Lipinski definition) is 0. The first-order valence-electron chi connectivity index (χ1n) is 12.6. The second kappa shape index (κ2) is 10.1. The summed E-state index contributed by atoms with van der Waals surface area (Å²) in [6.45, 7) is 0. The topological polar surface area (TPSA) is 69.5 Å². The lowest BCUT2D eigenvalue weighted by atomic mass is 9.67. The Morgan fingerprint density at radius 2 is 1.41 bits per heavy atom. The van der Waals surface area contributed by atoms with Gasteiger partial charge in [-0.3, -0.25) is 4.99 Å². The molecule has 1 spiro atoms. The van der Waals surface area contributed by atoms with Crippen LogP contribution in [0.15, 0.2) is 125 Å². The van der Waals surface area contributed by atoms with E-state index in [2.05, 4.69) is 5.16 Å². The van der Waals surface area contributed by atoms with E-state index in [9.17, 15) is 4.79 Å². The first kappa shape index (κ1) is 24.4. The van der Waals surface area contributed by atoms with Crippen LogP contribution < -0.4 is 9.47 Å². The molecule has 0 aliphatic carbocycles. The molecule has 2 atom stereocenters. The molecule has 0 amide bonds. The summed E-state index contributed by atoms with van der Waals surface area (Å²) >= 11 is 0. The molecule has 6 heteroatoms. The fraction of sp³-hybridized carbons (Fsp3) is 0.121. The van der Waals surface area contributed by atoms with Gasteiger partial charge in [-0.05, 0) is 41.5 Å². The molecule has 0 unspecified atom stereocenters. The highest BCUT2D eigenvalue weighted by Gasteiger charge is 2.63. The second-order valence-corrected chi connectivity index (χ2v) is 9.35. The minimum absolute atomic E-state index is 0.474. The highest BCUT2D eigenvalue weighted by molar-refractivity contribution is 6.32. The molecule has 2 aliphatic rings. The standard InChI is InChI=1S/C33H26N2O4/c1-37-26-17-9-11-22(19-26)20-28-29(23-12-5-3-6-13-23)34-30(25-16-10-18-27(21-25)38-2)33(28)31(35-39-32(33)36)24-14-7-4-8-15-24/h3-21,30H,1-2H3/b28-20-/t30-,33-/m1/s1. The summed E-state index contributed by atoms with van der Waals surface area (Å²) in [6.07, 6.45) is 2.00. The van der Waals surface area contributed by atoms with Gasteiger partial charge in [0.1, 0.15) is 23.3 Å². The van der Waals surface area contributed by atoms with Gasteiger partial charge in [0, 0.05) is 16.7 Å². The average Bonchev–Trinajstić information content (AvgIpc) is 3.52. The van der Waals surface area contributed by atoms with Crippen LogP contribution >= 0.6 is 0 Å². The molecule has 2 heterocycles. The van der Waals surface area contributed by atoms with Crippen LogP contribution in [0.4, 0.5) is 0 Å². The molecular formula is C33H26N2O4. The third-order valence-electron chi connectivity index (χ3n) is 7.17. The molecule has 6 nitrogen and oxygen atoms in total. The Bertz CT molecular complexity index is 1630. The molecule has 192 valence electrons. The van der Waals surface area contributed by atoms with Crippen LogP contribution in [0.3, 0.4) is 0 Å². The molecule has 0 N–H and O–H groups in total. The lowest BCUT2D eigenvalue weighted by Crippen LogP contribution is -2.41. The van der Waals surface area contributed by atoms with E-state index >= 15 is 0 Å². The number of aliphatic imine (C=N–C) groups is 1. The van der Waals surface area contributed by atoms with E-state index in [1.807, 2.05) is 115 Å². The number of rotatable bonds is 6. The van der Waals surface area contributed by atoms with Crippen LogP contribution in [0.1, 0.15) is 28.3 Å². The van der Waals surface area contributed by atoms with Gasteiger partial charge in [-0.1, -0.05) is 90.1 Å². The summed E-state index contributed by atoms with van der Waals surface area (Å²) < 4.78 is 11.0. The highest BCUT2D eigenvalue weighted by Crippen LogP contribution is 2.56. The van der Waals surface area contributed by atoms with Gasteiger partial charge in [-0.2, -0.15) is 0 Å². The molecule has 0 bridgehead atoms. The molecule has 2 aliphatic heterocycles. The molecule has 0 aromatic heterocycles. The van der Waals surface area contributed by atoms with Gasteiger partial charge in [-0.25, -0.2) is 4.79 Å². The molecular weight excluding hydrogens is 488 g/mol. The van der Waals surface area contributed by atoms with Crippen LogP contribution in [0.5, 0.6) is 11.5 Å². The van der Waals surface area contributed by atoms with Crippen molar-refractivity contribution in [3.05, 3.63) is 137 Å². The third-order valence-corrected chi connectivity index (χ3v) is 7.17. The van der Waals surface area contributed by atoms with Gasteiger partial charge in [0.05, 0.1) is 19.9 Å². The van der Waals surface area contributed by atoms with Crippen molar-refractivity contribution in [3.8, 4) is 11.5 Å². The second-order valence-electron chi connectivity index (χ2n) is 9.35. The smallest absolute Gasteiger partial charge is 0.354 e. The molecule has 0 fully saturated rings. The molecule has 0 saturated carbocycles. The van der Waals surface area contributed by atoms with Crippen LogP contribution in [0.25, 0.3) is 6.08 Å². The van der Waals surface area contributed by atoms with Gasteiger partial charge < -0.3 is 14.3 Å². The molecule has 0 saturated heterocycles. The SMILES string of the molecule is COc1cccc(/C=C2/C(c3ccccc3)=N[C@H](c3cccc(OC)c3)[C@]23C(=O)ON=C3c2ccccc2)c1. The van der Waals surface area contributed by atoms with Crippen LogP contribution in [0, 0.1) is 5.41 Å². The van der Waals surface area contributed by atoms with E-state index in [4.69, 9.17) is 19.3 Å². The van der Waals surface area contributed by atoms with Crippen LogP contribution in [-0.2, 0) is 9.63 Å². The number of benzene rings is 4. The summed E-state index contributed by atoms with van der Waals surface area (Å²) in [6, 6.07) is 34.3. The maximum absolute atomic E-state index is 14.1. The summed E-state index contributed by atoms with van der Waals surface area (Å²) in [5.41, 5.74) is 3.96. The molecule has 4 aromatic rings. The van der Waals surface area contributed by atoms with E-state index in [0.29, 0.717) is 28.5 Å². The van der Waals surface area contributed by atoms with Gasteiger partial charge in [0.25, 0.3) is 0 Å². The number of ether oxygens (including phenoxy) is 2. The Balaban J connectivity index is 1.67. The van der Waals surface area contributed by atoms with E-state index in [0.717, 1.165) is 22.3 Å². The van der Waals surface area contributed by atoms with Crippen molar-refractivity contribution in [1.82, 2.24) is 0 Å². The zero-order valence-electron chi connectivity index (χ0n) is 21.6. The number of carbonyl (C=O) groups excluding carboxylic acids is 1. The lowest BCUT2D eigenvalue weighted by Gasteiger charge is -2.29. The predicted molar refractivity (Wildman–Crippen MR) is 151 cm³/mol. The van der Waals surface area contributed by atoms with Crippen molar-refractivity contribution in [1.29, 1.82) is 0 Å². The Labute approximate surface area is 226 Å². The third kappa shape index (κ3) is 4.10. The number of hydrogen-bond acceptors (Lipinski definition) is 6. The Kier molecular flexibility index (Phi) is 6.29.